The quantitative estimate of drug-likeness (QED) is 0.668. The number of carbonyl (C=O) groups excluding carboxylic acids is 2. The number of carbonyl (C=O) groups is 2. The molecule has 1 amide bonds. The van der Waals surface area contributed by atoms with E-state index in [4.69, 9.17) is 0 Å². The predicted molar refractivity (Wildman–Crippen MR) is 84.9 cm³/mol. The van der Waals surface area contributed by atoms with Gasteiger partial charge in [0.15, 0.2) is 0 Å². The Hall–Kier alpha value is -1.94. The number of fused-ring (bicyclic) bond motifs is 1. The Labute approximate surface area is 125 Å². The van der Waals surface area contributed by atoms with E-state index < -0.39 is 11.7 Å². The Morgan fingerprint density at radius 1 is 1.29 bits per heavy atom. The fourth-order valence-corrected chi connectivity index (χ4v) is 2.45. The normalized spacial score (nSPS) is 14.0. The van der Waals surface area contributed by atoms with Gasteiger partial charge in [0.25, 0.3) is 11.7 Å². The maximum Gasteiger partial charge on any atom is 0.299 e. The van der Waals surface area contributed by atoms with Crippen LogP contribution in [-0.4, -0.2) is 30.8 Å². The Kier molecular flexibility index (Phi) is 4.28. The van der Waals surface area contributed by atoms with Crippen molar-refractivity contribution >= 4 is 17.4 Å². The molecule has 2 rings (SSSR count). The first-order valence-corrected chi connectivity index (χ1v) is 7.19. The van der Waals surface area contributed by atoms with Crippen LogP contribution in [0, 0.1) is 13.8 Å². The number of amides is 1. The van der Waals surface area contributed by atoms with Crippen molar-refractivity contribution in [3.05, 3.63) is 41.0 Å². The molecule has 0 aromatic heterocycles. The molecule has 0 atom stereocenters. The molecule has 0 saturated carbocycles. The van der Waals surface area contributed by atoms with Crippen LogP contribution in [0.15, 0.2) is 24.3 Å². The minimum atomic E-state index is -0.454. The van der Waals surface area contributed by atoms with Crippen molar-refractivity contribution in [2.45, 2.75) is 33.7 Å². The van der Waals surface area contributed by atoms with E-state index in [1.54, 1.807) is 11.0 Å². The van der Waals surface area contributed by atoms with E-state index in [1.165, 1.54) is 0 Å². The highest BCUT2D eigenvalue weighted by Gasteiger charge is 2.37. The lowest BCUT2D eigenvalue weighted by molar-refractivity contribution is -0.114. The van der Waals surface area contributed by atoms with E-state index in [-0.39, 0.29) is 0 Å². The van der Waals surface area contributed by atoms with Crippen molar-refractivity contribution in [1.29, 1.82) is 0 Å². The smallest absolute Gasteiger partial charge is 0.299 e. The number of Topliss-reactive ketones (excluding diaryl/α,β-unsaturated/α-hetero) is 1. The number of nitrogens with zero attached hydrogens (tertiary/aromatic N) is 1. The number of ketones is 1. The molecule has 1 N–H and O–H groups in total. The van der Waals surface area contributed by atoms with Crippen molar-refractivity contribution < 1.29 is 9.59 Å². The molecular formula is C17H22N2O2. The van der Waals surface area contributed by atoms with Gasteiger partial charge in [-0.3, -0.25) is 9.59 Å². The fourth-order valence-electron chi connectivity index (χ4n) is 2.45. The highest BCUT2D eigenvalue weighted by Crippen LogP contribution is 2.34. The van der Waals surface area contributed by atoms with Crippen LogP contribution < -0.4 is 10.2 Å². The first kappa shape index (κ1) is 15.4. The molecule has 1 heterocycles. The predicted octanol–water partition coefficient (Wildman–Crippen LogP) is 2.39. The summed E-state index contributed by atoms with van der Waals surface area (Å²) in [6.45, 7) is 13.1. The lowest BCUT2D eigenvalue weighted by atomic mass is 10.0. The number of anilines is 1. The van der Waals surface area contributed by atoms with E-state index >= 15 is 0 Å². The Balaban J connectivity index is 2.26. The minimum absolute atomic E-state index is 0.355. The van der Waals surface area contributed by atoms with Crippen molar-refractivity contribution in [3.63, 3.8) is 0 Å². The molecule has 112 valence electrons. The molecule has 1 aromatic carbocycles. The number of benzene rings is 1. The zero-order valence-corrected chi connectivity index (χ0v) is 13.1. The Morgan fingerprint density at radius 2 is 1.95 bits per heavy atom. The van der Waals surface area contributed by atoms with Gasteiger partial charge in [0.1, 0.15) is 0 Å². The van der Waals surface area contributed by atoms with E-state index in [0.29, 0.717) is 24.7 Å². The topological polar surface area (TPSA) is 49.4 Å². The number of aryl methyl sites for hydroxylation is 1. The molecule has 1 aliphatic heterocycles. The van der Waals surface area contributed by atoms with Gasteiger partial charge in [-0.2, -0.15) is 0 Å². The van der Waals surface area contributed by atoms with Crippen LogP contribution in [0.2, 0.25) is 0 Å². The van der Waals surface area contributed by atoms with E-state index in [2.05, 4.69) is 25.7 Å². The Bertz CT molecular complexity index is 617. The molecule has 21 heavy (non-hydrogen) atoms. The summed E-state index contributed by atoms with van der Waals surface area (Å²) in [5, 5.41) is 3.27. The van der Waals surface area contributed by atoms with Gasteiger partial charge in [-0.25, -0.2) is 0 Å². The largest absolute Gasteiger partial charge is 0.311 e. The number of hydrogen-bond donors (Lipinski definition) is 1. The van der Waals surface area contributed by atoms with Crippen LogP contribution in [0.4, 0.5) is 5.69 Å². The van der Waals surface area contributed by atoms with Crippen LogP contribution in [0.25, 0.3) is 0 Å². The van der Waals surface area contributed by atoms with Crippen molar-refractivity contribution in [2.24, 2.45) is 0 Å². The highest BCUT2D eigenvalue weighted by molar-refractivity contribution is 6.52. The molecule has 0 fully saturated rings. The summed E-state index contributed by atoms with van der Waals surface area (Å²) in [5.74, 6) is -0.873. The van der Waals surface area contributed by atoms with Gasteiger partial charge in [0.05, 0.1) is 11.3 Å². The minimum Gasteiger partial charge on any atom is -0.311 e. The fraction of sp³-hybridized carbons (Fsp3) is 0.412. The van der Waals surface area contributed by atoms with Crippen molar-refractivity contribution in [2.75, 3.05) is 18.0 Å². The van der Waals surface area contributed by atoms with Gasteiger partial charge in [0, 0.05) is 19.1 Å². The standard InChI is InChI=1S/C17H22N2O2/c1-10(2)18-8-11(3)9-19-15-13(5)12(4)6-7-14(15)16(20)17(19)21/h6-7,10,18H,3,8-9H2,1-2,4-5H3. The highest BCUT2D eigenvalue weighted by atomic mass is 16.2. The van der Waals surface area contributed by atoms with Crippen LogP contribution >= 0.6 is 0 Å². The van der Waals surface area contributed by atoms with Gasteiger partial charge >= 0.3 is 0 Å². The number of hydrogen-bond acceptors (Lipinski definition) is 3. The third-order valence-corrected chi connectivity index (χ3v) is 3.80. The molecule has 0 bridgehead atoms. The first-order valence-electron chi connectivity index (χ1n) is 7.19. The molecule has 4 nitrogen and oxygen atoms in total. The lowest BCUT2D eigenvalue weighted by Crippen LogP contribution is -2.35. The summed E-state index contributed by atoms with van der Waals surface area (Å²) in [6, 6.07) is 3.99. The zero-order valence-electron chi connectivity index (χ0n) is 13.1. The number of rotatable bonds is 5. The van der Waals surface area contributed by atoms with Crippen LogP contribution in [0.3, 0.4) is 0 Å². The summed E-state index contributed by atoms with van der Waals surface area (Å²) >= 11 is 0. The summed E-state index contributed by atoms with van der Waals surface area (Å²) in [7, 11) is 0. The van der Waals surface area contributed by atoms with Crippen LogP contribution in [-0.2, 0) is 4.79 Å². The average Bonchev–Trinajstić information content (AvgIpc) is 2.66. The molecule has 0 saturated heterocycles. The second-order valence-electron chi connectivity index (χ2n) is 5.91. The summed E-state index contributed by atoms with van der Waals surface area (Å²) < 4.78 is 0. The third kappa shape index (κ3) is 2.90. The maximum absolute atomic E-state index is 12.2. The second kappa shape index (κ2) is 5.82. The van der Waals surface area contributed by atoms with Gasteiger partial charge < -0.3 is 10.2 Å². The molecule has 1 aromatic rings. The molecule has 4 heteroatoms. The maximum atomic E-state index is 12.2. The first-order chi connectivity index (χ1) is 9.82. The third-order valence-electron chi connectivity index (χ3n) is 3.80. The summed E-state index contributed by atoms with van der Waals surface area (Å²) in [5.41, 5.74) is 4.20. The van der Waals surface area contributed by atoms with Gasteiger partial charge in [0.2, 0.25) is 0 Å². The average molecular weight is 286 g/mol. The summed E-state index contributed by atoms with van der Waals surface area (Å²) in [4.78, 5) is 25.9. The zero-order chi connectivity index (χ0) is 15.7. The molecule has 0 aliphatic carbocycles. The van der Waals surface area contributed by atoms with E-state index in [0.717, 1.165) is 22.4 Å². The van der Waals surface area contributed by atoms with Crippen LogP contribution in [0.5, 0.6) is 0 Å². The SMILES string of the molecule is C=C(CNC(C)C)CN1C(=O)C(=O)c2ccc(C)c(C)c21. The molecule has 0 unspecified atom stereocenters. The van der Waals surface area contributed by atoms with E-state index in [9.17, 15) is 9.59 Å². The molecule has 1 aliphatic rings. The van der Waals surface area contributed by atoms with Crippen molar-refractivity contribution in [3.8, 4) is 0 Å². The van der Waals surface area contributed by atoms with E-state index in [1.807, 2.05) is 19.9 Å². The molecule has 0 radical (unpaired) electrons. The van der Waals surface area contributed by atoms with Gasteiger partial charge in [-0.05, 0) is 36.6 Å². The number of nitrogens with one attached hydrogen (secondary N) is 1. The molecule has 0 spiro atoms. The van der Waals surface area contributed by atoms with Crippen LogP contribution in [0.1, 0.15) is 35.3 Å². The van der Waals surface area contributed by atoms with Gasteiger partial charge in [-0.1, -0.05) is 26.5 Å². The molecular weight excluding hydrogens is 264 g/mol. The van der Waals surface area contributed by atoms with Gasteiger partial charge in [-0.15, -0.1) is 0 Å². The lowest BCUT2D eigenvalue weighted by Gasteiger charge is -2.21. The van der Waals surface area contributed by atoms with Crippen molar-refractivity contribution in [1.82, 2.24) is 5.32 Å². The Morgan fingerprint density at radius 3 is 2.57 bits per heavy atom. The summed E-state index contributed by atoms with van der Waals surface area (Å²) in [6.07, 6.45) is 0. The second-order valence-corrected chi connectivity index (χ2v) is 5.91. The monoisotopic (exact) mass is 286 g/mol.